The summed E-state index contributed by atoms with van der Waals surface area (Å²) in [6, 6.07) is 8.21. The van der Waals surface area contributed by atoms with Gasteiger partial charge in [-0.25, -0.2) is 0 Å². The molecule has 1 saturated carbocycles. The molecular formula is C23H25N3O2. The Morgan fingerprint density at radius 1 is 1.04 bits per heavy atom. The number of amides is 2. The monoisotopic (exact) mass is 375 g/mol. The lowest BCUT2D eigenvalue weighted by Crippen LogP contribution is -2.28. The molecule has 1 aromatic heterocycles. The van der Waals surface area contributed by atoms with Gasteiger partial charge in [-0.1, -0.05) is 30.4 Å². The van der Waals surface area contributed by atoms with Crippen molar-refractivity contribution in [3.63, 3.8) is 0 Å². The number of hydrazone groups is 1. The highest BCUT2D eigenvalue weighted by atomic mass is 16.2. The van der Waals surface area contributed by atoms with E-state index in [9.17, 15) is 9.59 Å². The summed E-state index contributed by atoms with van der Waals surface area (Å²) in [5, 5.41) is 6.62. The summed E-state index contributed by atoms with van der Waals surface area (Å²) in [5.74, 6) is -0.290. The molecule has 2 bridgehead atoms. The van der Waals surface area contributed by atoms with Gasteiger partial charge in [-0.15, -0.1) is 0 Å². The van der Waals surface area contributed by atoms with Crippen molar-refractivity contribution in [1.29, 1.82) is 0 Å². The first-order chi connectivity index (χ1) is 13.3. The molecule has 2 aliphatic carbocycles. The summed E-state index contributed by atoms with van der Waals surface area (Å²) < 4.78 is 2.29. The fourth-order valence-electron chi connectivity index (χ4n) is 5.54. The highest BCUT2D eigenvalue weighted by Crippen LogP contribution is 2.52. The van der Waals surface area contributed by atoms with E-state index in [1.165, 1.54) is 0 Å². The normalized spacial score (nSPS) is 29.1. The van der Waals surface area contributed by atoms with Crippen LogP contribution in [0.3, 0.4) is 0 Å². The maximum Gasteiger partial charge on any atom is 0.254 e. The number of rotatable bonds is 2. The summed E-state index contributed by atoms with van der Waals surface area (Å²) in [6.07, 6.45) is 6.84. The number of hydrogen-bond acceptors (Lipinski definition) is 3. The Labute approximate surface area is 164 Å². The van der Waals surface area contributed by atoms with Crippen molar-refractivity contribution in [3.05, 3.63) is 47.7 Å². The highest BCUT2D eigenvalue weighted by Gasteiger charge is 2.59. The zero-order chi connectivity index (χ0) is 19.8. The van der Waals surface area contributed by atoms with E-state index in [0.29, 0.717) is 0 Å². The van der Waals surface area contributed by atoms with Gasteiger partial charge in [0.15, 0.2) is 0 Å². The lowest BCUT2D eigenvalue weighted by Gasteiger charge is -2.25. The van der Waals surface area contributed by atoms with Gasteiger partial charge in [0.25, 0.3) is 11.8 Å². The smallest absolute Gasteiger partial charge is 0.254 e. The minimum atomic E-state index is -0.211. The topological polar surface area (TPSA) is 54.7 Å². The molecule has 1 aliphatic heterocycles. The first-order valence-electron chi connectivity index (χ1n) is 9.99. The van der Waals surface area contributed by atoms with Crippen LogP contribution in [-0.2, 0) is 15.1 Å². The standard InChI is InChI=1S/C23H25N3O2/c1-13-17(16-7-5-6-8-18(16)25(13)23(2,3)4)12-24-26-21(27)19-14-9-10-15(11-14)20(19)22(26)28/h5-10,12,14-15,19-20H,11H2,1-4H3/t14-,15-,19-,20+/m0/s1. The molecule has 2 amide bonds. The summed E-state index contributed by atoms with van der Waals surface area (Å²) in [6.45, 7) is 8.58. The van der Waals surface area contributed by atoms with E-state index in [1.54, 1.807) is 6.21 Å². The van der Waals surface area contributed by atoms with E-state index in [2.05, 4.69) is 61.6 Å². The average Bonchev–Trinajstić information content (AvgIpc) is 3.36. The van der Waals surface area contributed by atoms with Crippen LogP contribution in [0.25, 0.3) is 10.9 Å². The maximum atomic E-state index is 12.9. The molecule has 0 spiro atoms. The second kappa shape index (κ2) is 5.66. The molecule has 28 heavy (non-hydrogen) atoms. The molecule has 2 heterocycles. The molecule has 0 radical (unpaired) electrons. The molecule has 5 nitrogen and oxygen atoms in total. The van der Waals surface area contributed by atoms with Crippen LogP contribution in [0, 0.1) is 30.6 Å². The number of benzene rings is 1. The van der Waals surface area contributed by atoms with Gasteiger partial charge in [-0.2, -0.15) is 10.1 Å². The second-order valence-electron chi connectivity index (χ2n) is 9.26. The first-order valence-corrected chi connectivity index (χ1v) is 9.99. The minimum absolute atomic E-state index is 0.0864. The van der Waals surface area contributed by atoms with Gasteiger partial charge in [0.05, 0.1) is 18.1 Å². The Morgan fingerprint density at radius 3 is 2.25 bits per heavy atom. The third-order valence-corrected chi connectivity index (χ3v) is 6.58. The fourth-order valence-corrected chi connectivity index (χ4v) is 5.54. The van der Waals surface area contributed by atoms with Gasteiger partial charge in [-0.05, 0) is 52.0 Å². The average molecular weight is 375 g/mol. The van der Waals surface area contributed by atoms with Crippen LogP contribution in [0.5, 0.6) is 0 Å². The quantitative estimate of drug-likeness (QED) is 0.455. The lowest BCUT2D eigenvalue weighted by atomic mass is 9.85. The van der Waals surface area contributed by atoms with Gasteiger partial charge in [0, 0.05) is 27.7 Å². The lowest BCUT2D eigenvalue weighted by molar-refractivity contribution is -0.140. The molecule has 4 atom stereocenters. The van der Waals surface area contributed by atoms with E-state index in [4.69, 9.17) is 0 Å². The van der Waals surface area contributed by atoms with E-state index >= 15 is 0 Å². The van der Waals surface area contributed by atoms with E-state index in [1.807, 2.05) is 12.1 Å². The first kappa shape index (κ1) is 17.4. The minimum Gasteiger partial charge on any atom is -0.339 e. The molecule has 3 aliphatic rings. The summed E-state index contributed by atoms with van der Waals surface area (Å²) in [5.41, 5.74) is 3.09. The Morgan fingerprint density at radius 2 is 1.64 bits per heavy atom. The second-order valence-corrected chi connectivity index (χ2v) is 9.26. The van der Waals surface area contributed by atoms with E-state index in [-0.39, 0.29) is 41.0 Å². The van der Waals surface area contributed by atoms with Gasteiger partial charge >= 0.3 is 0 Å². The van der Waals surface area contributed by atoms with Gasteiger partial charge < -0.3 is 4.57 Å². The number of carbonyl (C=O) groups is 2. The Bertz CT molecular complexity index is 1040. The highest BCUT2D eigenvalue weighted by molar-refractivity contribution is 6.08. The van der Waals surface area contributed by atoms with Crippen LogP contribution < -0.4 is 0 Å². The van der Waals surface area contributed by atoms with Crippen molar-refractivity contribution >= 4 is 28.9 Å². The number of allylic oxidation sites excluding steroid dienone is 2. The number of nitrogens with zero attached hydrogens (tertiary/aromatic N) is 3. The van der Waals surface area contributed by atoms with Crippen molar-refractivity contribution in [2.75, 3.05) is 0 Å². The SMILES string of the molecule is Cc1c(C=NN2C(=O)[C@@H]3[C@H](C2=O)[C@H]2C=C[C@H]3C2)c2ccccc2n1C(C)(C)C. The molecule has 5 rings (SSSR count). The number of fused-ring (bicyclic) bond motifs is 6. The predicted octanol–water partition coefficient (Wildman–Crippen LogP) is 3.85. The summed E-state index contributed by atoms with van der Waals surface area (Å²) in [4.78, 5) is 25.7. The fraction of sp³-hybridized carbons (Fsp3) is 0.435. The molecule has 1 saturated heterocycles. The maximum absolute atomic E-state index is 12.9. The summed E-state index contributed by atoms with van der Waals surface area (Å²) in [7, 11) is 0. The summed E-state index contributed by atoms with van der Waals surface area (Å²) >= 11 is 0. The zero-order valence-electron chi connectivity index (χ0n) is 16.7. The largest absolute Gasteiger partial charge is 0.339 e. The van der Waals surface area contributed by atoms with Crippen molar-refractivity contribution < 1.29 is 9.59 Å². The Hall–Kier alpha value is -2.69. The molecule has 144 valence electrons. The van der Waals surface area contributed by atoms with Gasteiger partial charge in [-0.3, -0.25) is 9.59 Å². The van der Waals surface area contributed by atoms with E-state index < -0.39 is 0 Å². The Balaban J connectivity index is 1.55. The number of para-hydroxylation sites is 1. The van der Waals surface area contributed by atoms with Gasteiger partial charge in [0.1, 0.15) is 0 Å². The van der Waals surface area contributed by atoms with Crippen LogP contribution in [0.15, 0.2) is 41.5 Å². The van der Waals surface area contributed by atoms with Crippen molar-refractivity contribution in [2.45, 2.75) is 39.7 Å². The molecule has 2 aromatic rings. The van der Waals surface area contributed by atoms with Gasteiger partial charge in [0.2, 0.25) is 0 Å². The van der Waals surface area contributed by atoms with E-state index in [0.717, 1.165) is 33.6 Å². The predicted molar refractivity (Wildman–Crippen MR) is 109 cm³/mol. The van der Waals surface area contributed by atoms with Crippen LogP contribution in [0.1, 0.15) is 38.4 Å². The van der Waals surface area contributed by atoms with Crippen molar-refractivity contribution in [3.8, 4) is 0 Å². The molecule has 1 aromatic carbocycles. The number of hydrogen-bond donors (Lipinski definition) is 0. The van der Waals surface area contributed by atoms with Crippen molar-refractivity contribution in [2.24, 2.45) is 28.8 Å². The number of imide groups is 1. The van der Waals surface area contributed by atoms with Crippen LogP contribution in [0.2, 0.25) is 0 Å². The molecule has 0 N–H and O–H groups in total. The molecule has 0 unspecified atom stereocenters. The van der Waals surface area contributed by atoms with Crippen LogP contribution >= 0.6 is 0 Å². The van der Waals surface area contributed by atoms with Crippen LogP contribution in [0.4, 0.5) is 0 Å². The molecule has 5 heteroatoms. The number of carbonyl (C=O) groups excluding carboxylic acids is 2. The zero-order valence-corrected chi connectivity index (χ0v) is 16.7. The third kappa shape index (κ3) is 2.22. The number of aromatic nitrogens is 1. The van der Waals surface area contributed by atoms with Crippen LogP contribution in [-0.4, -0.2) is 27.6 Å². The Kier molecular flexibility index (Phi) is 3.52. The van der Waals surface area contributed by atoms with Crippen molar-refractivity contribution in [1.82, 2.24) is 9.58 Å². The molecular weight excluding hydrogens is 350 g/mol. The molecule has 2 fully saturated rings. The third-order valence-electron chi connectivity index (χ3n) is 6.58.